The Balaban J connectivity index is 2.34. The van der Waals surface area contributed by atoms with E-state index in [0.29, 0.717) is 0 Å². The first-order valence-corrected chi connectivity index (χ1v) is 7.20. The summed E-state index contributed by atoms with van der Waals surface area (Å²) in [5, 5.41) is 10.1. The van der Waals surface area contributed by atoms with Crippen molar-refractivity contribution in [2.75, 3.05) is 7.11 Å². The number of ether oxygens (including phenoxy) is 1. The van der Waals surface area contributed by atoms with Crippen molar-refractivity contribution in [2.24, 2.45) is 0 Å². The normalized spacial score (nSPS) is 12.4. The van der Waals surface area contributed by atoms with Crippen molar-refractivity contribution in [3.8, 4) is 5.75 Å². The summed E-state index contributed by atoms with van der Waals surface area (Å²) in [7, 11) is 1.43. The van der Waals surface area contributed by atoms with E-state index in [1.165, 1.54) is 38.9 Å². The maximum atomic E-state index is 13.3. The minimum absolute atomic E-state index is 0.194. The van der Waals surface area contributed by atoms with Crippen molar-refractivity contribution in [3.05, 3.63) is 29.6 Å². The number of hydrogen-bond acceptors (Lipinski definition) is 2. The first-order chi connectivity index (χ1) is 9.19. The Bertz CT molecular complexity index is 366. The predicted octanol–water partition coefficient (Wildman–Crippen LogP) is 4.62. The minimum Gasteiger partial charge on any atom is -0.494 e. The van der Waals surface area contributed by atoms with Crippen LogP contribution in [0.15, 0.2) is 18.2 Å². The number of aliphatic hydroxyl groups excluding tert-OH is 1. The highest BCUT2D eigenvalue weighted by Gasteiger charge is 2.10. The van der Waals surface area contributed by atoms with Gasteiger partial charge in [0.25, 0.3) is 0 Å². The molecule has 0 aliphatic carbocycles. The standard InChI is InChI=1S/C16H25FO2/c1-3-4-5-6-7-8-9-15(18)13-10-11-14(17)16(12-13)19-2/h10-12,15,18H,3-9H2,1-2H3. The molecule has 0 saturated heterocycles. The van der Waals surface area contributed by atoms with Gasteiger partial charge in [0.1, 0.15) is 0 Å². The fraction of sp³-hybridized carbons (Fsp3) is 0.625. The van der Waals surface area contributed by atoms with Crippen molar-refractivity contribution in [1.82, 2.24) is 0 Å². The van der Waals surface area contributed by atoms with Crippen LogP contribution in [0.1, 0.15) is 63.5 Å². The second kappa shape index (κ2) is 8.92. The fourth-order valence-corrected chi connectivity index (χ4v) is 2.17. The van der Waals surface area contributed by atoms with Gasteiger partial charge < -0.3 is 9.84 Å². The largest absolute Gasteiger partial charge is 0.494 e. The van der Waals surface area contributed by atoms with Gasteiger partial charge in [-0.15, -0.1) is 0 Å². The van der Waals surface area contributed by atoms with Crippen LogP contribution in [0.2, 0.25) is 0 Å². The SMILES string of the molecule is CCCCCCCCC(O)c1ccc(F)c(OC)c1. The van der Waals surface area contributed by atoms with E-state index in [-0.39, 0.29) is 5.75 Å². The van der Waals surface area contributed by atoms with Gasteiger partial charge in [0.05, 0.1) is 13.2 Å². The van der Waals surface area contributed by atoms with E-state index in [9.17, 15) is 9.50 Å². The molecule has 3 heteroatoms. The molecule has 0 bridgehead atoms. The van der Waals surface area contributed by atoms with Gasteiger partial charge in [-0.05, 0) is 24.1 Å². The van der Waals surface area contributed by atoms with Crippen LogP contribution in [-0.4, -0.2) is 12.2 Å². The molecule has 1 unspecified atom stereocenters. The summed E-state index contributed by atoms with van der Waals surface area (Å²) in [6, 6.07) is 4.55. The number of aliphatic hydroxyl groups is 1. The number of benzene rings is 1. The van der Waals surface area contributed by atoms with E-state index < -0.39 is 11.9 Å². The highest BCUT2D eigenvalue weighted by Crippen LogP contribution is 2.25. The lowest BCUT2D eigenvalue weighted by Crippen LogP contribution is -1.99. The zero-order chi connectivity index (χ0) is 14.1. The molecule has 0 heterocycles. The minimum atomic E-state index is -0.527. The number of rotatable bonds is 9. The molecular weight excluding hydrogens is 243 g/mol. The number of hydrogen-bond donors (Lipinski definition) is 1. The van der Waals surface area contributed by atoms with E-state index >= 15 is 0 Å². The molecule has 1 aromatic carbocycles. The molecule has 19 heavy (non-hydrogen) atoms. The van der Waals surface area contributed by atoms with Crippen LogP contribution in [0.5, 0.6) is 5.75 Å². The van der Waals surface area contributed by atoms with E-state index in [1.807, 2.05) is 0 Å². The lowest BCUT2D eigenvalue weighted by atomic mass is 10.0. The third-order valence-electron chi connectivity index (χ3n) is 3.39. The zero-order valence-electron chi connectivity index (χ0n) is 12.0. The van der Waals surface area contributed by atoms with Gasteiger partial charge in [-0.25, -0.2) is 4.39 Å². The summed E-state index contributed by atoms with van der Waals surface area (Å²) in [6.07, 6.45) is 7.39. The van der Waals surface area contributed by atoms with Crippen LogP contribution in [0.3, 0.4) is 0 Å². The van der Waals surface area contributed by atoms with Crippen LogP contribution in [-0.2, 0) is 0 Å². The molecule has 0 fully saturated rings. The summed E-state index contributed by atoms with van der Waals surface area (Å²) >= 11 is 0. The molecule has 2 nitrogen and oxygen atoms in total. The van der Waals surface area contributed by atoms with E-state index in [2.05, 4.69) is 6.92 Å². The lowest BCUT2D eigenvalue weighted by molar-refractivity contribution is 0.162. The van der Waals surface area contributed by atoms with Crippen molar-refractivity contribution < 1.29 is 14.2 Å². The summed E-state index contributed by atoms with van der Waals surface area (Å²) < 4.78 is 18.2. The number of methoxy groups -OCH3 is 1. The number of halogens is 1. The van der Waals surface area contributed by atoms with Gasteiger partial charge in [-0.3, -0.25) is 0 Å². The van der Waals surface area contributed by atoms with Crippen LogP contribution in [0, 0.1) is 5.82 Å². The average molecular weight is 268 g/mol. The zero-order valence-corrected chi connectivity index (χ0v) is 12.0. The fourth-order valence-electron chi connectivity index (χ4n) is 2.17. The molecule has 1 rings (SSSR count). The highest BCUT2D eigenvalue weighted by molar-refractivity contribution is 5.31. The topological polar surface area (TPSA) is 29.5 Å². The summed E-state index contributed by atoms with van der Waals surface area (Å²) in [5.74, 6) is -0.197. The molecule has 1 N–H and O–H groups in total. The molecule has 0 radical (unpaired) electrons. The molecular formula is C16H25FO2. The Kier molecular flexibility index (Phi) is 7.49. The van der Waals surface area contributed by atoms with E-state index in [1.54, 1.807) is 12.1 Å². The molecule has 0 saturated carbocycles. The Morgan fingerprint density at radius 1 is 1.16 bits per heavy atom. The van der Waals surface area contributed by atoms with Crippen molar-refractivity contribution in [3.63, 3.8) is 0 Å². The summed E-state index contributed by atoms with van der Waals surface area (Å²) in [5.41, 5.74) is 0.729. The quantitative estimate of drug-likeness (QED) is 0.662. The molecule has 0 aromatic heterocycles. The summed E-state index contributed by atoms with van der Waals surface area (Å²) in [6.45, 7) is 2.20. The first-order valence-electron chi connectivity index (χ1n) is 7.20. The van der Waals surface area contributed by atoms with Gasteiger partial charge in [-0.2, -0.15) is 0 Å². The Morgan fingerprint density at radius 2 is 1.84 bits per heavy atom. The van der Waals surface area contributed by atoms with E-state index in [4.69, 9.17) is 4.74 Å². The highest BCUT2D eigenvalue weighted by atomic mass is 19.1. The van der Waals surface area contributed by atoms with Gasteiger partial charge in [0, 0.05) is 0 Å². The number of unbranched alkanes of at least 4 members (excludes halogenated alkanes) is 5. The van der Waals surface area contributed by atoms with Crippen molar-refractivity contribution in [2.45, 2.75) is 58.0 Å². The van der Waals surface area contributed by atoms with Gasteiger partial charge in [0.15, 0.2) is 11.6 Å². The second-order valence-electron chi connectivity index (χ2n) is 4.97. The van der Waals surface area contributed by atoms with Crippen LogP contribution >= 0.6 is 0 Å². The van der Waals surface area contributed by atoms with Crippen LogP contribution < -0.4 is 4.74 Å². The monoisotopic (exact) mass is 268 g/mol. The second-order valence-corrected chi connectivity index (χ2v) is 4.97. The molecule has 0 aliphatic rings. The van der Waals surface area contributed by atoms with Gasteiger partial charge >= 0.3 is 0 Å². The smallest absolute Gasteiger partial charge is 0.165 e. The van der Waals surface area contributed by atoms with Crippen LogP contribution in [0.4, 0.5) is 4.39 Å². The first kappa shape index (κ1) is 16.0. The Hall–Kier alpha value is -1.09. The maximum Gasteiger partial charge on any atom is 0.165 e. The molecule has 0 aliphatic heterocycles. The Labute approximate surface area is 115 Å². The predicted molar refractivity (Wildman–Crippen MR) is 75.9 cm³/mol. The molecule has 0 amide bonds. The van der Waals surface area contributed by atoms with Crippen LogP contribution in [0.25, 0.3) is 0 Å². The third kappa shape index (κ3) is 5.60. The molecule has 1 aromatic rings. The lowest BCUT2D eigenvalue weighted by Gasteiger charge is -2.12. The van der Waals surface area contributed by atoms with Gasteiger partial charge in [-0.1, -0.05) is 51.5 Å². The van der Waals surface area contributed by atoms with E-state index in [0.717, 1.165) is 24.8 Å². The molecule has 108 valence electrons. The summed E-state index contributed by atoms with van der Waals surface area (Å²) in [4.78, 5) is 0. The third-order valence-corrected chi connectivity index (χ3v) is 3.39. The molecule has 1 atom stereocenters. The molecule has 0 spiro atoms. The van der Waals surface area contributed by atoms with Crippen molar-refractivity contribution in [1.29, 1.82) is 0 Å². The van der Waals surface area contributed by atoms with Gasteiger partial charge in [0.2, 0.25) is 0 Å². The average Bonchev–Trinajstić information content (AvgIpc) is 2.43. The van der Waals surface area contributed by atoms with Crippen molar-refractivity contribution >= 4 is 0 Å². The Morgan fingerprint density at radius 3 is 2.53 bits per heavy atom. The maximum absolute atomic E-state index is 13.3.